The molecule has 0 bridgehead atoms. The Bertz CT molecular complexity index is 416. The van der Waals surface area contributed by atoms with E-state index in [4.69, 9.17) is 23.2 Å². The molecule has 1 aliphatic rings. The molecule has 0 radical (unpaired) electrons. The summed E-state index contributed by atoms with van der Waals surface area (Å²) in [6.07, 6.45) is 3.58. The molecule has 0 aliphatic carbocycles. The minimum absolute atomic E-state index is 0.573. The number of halogens is 2. The number of rotatable bonds is 5. The average Bonchev–Trinajstić information content (AvgIpc) is 2.45. The van der Waals surface area contributed by atoms with E-state index in [1.165, 1.54) is 12.8 Å². The molecule has 2 unspecified atom stereocenters. The van der Waals surface area contributed by atoms with Crippen molar-refractivity contribution in [2.75, 3.05) is 13.1 Å². The number of nitrogens with one attached hydrogen (secondary N) is 1. The molecular weight excluding hydrogens is 291 g/mol. The molecule has 1 N–H and O–H groups in total. The van der Waals surface area contributed by atoms with Crippen molar-refractivity contribution < 1.29 is 0 Å². The van der Waals surface area contributed by atoms with Crippen LogP contribution in [0.4, 0.5) is 0 Å². The van der Waals surface area contributed by atoms with Crippen LogP contribution in [-0.4, -0.2) is 30.1 Å². The summed E-state index contributed by atoms with van der Waals surface area (Å²) >= 11 is 12.6. The molecule has 1 saturated heterocycles. The second-order valence-electron chi connectivity index (χ2n) is 5.59. The first-order valence-electron chi connectivity index (χ1n) is 7.56. The lowest BCUT2D eigenvalue weighted by atomic mass is 10.0. The van der Waals surface area contributed by atoms with Gasteiger partial charge in [0, 0.05) is 47.3 Å². The molecule has 1 aromatic carbocycles. The Labute approximate surface area is 132 Å². The van der Waals surface area contributed by atoms with Gasteiger partial charge in [0.2, 0.25) is 0 Å². The van der Waals surface area contributed by atoms with Crippen LogP contribution in [-0.2, 0) is 6.54 Å². The van der Waals surface area contributed by atoms with Crippen LogP contribution in [0.3, 0.4) is 0 Å². The van der Waals surface area contributed by atoms with Crippen LogP contribution in [0, 0.1) is 0 Å². The van der Waals surface area contributed by atoms with Crippen molar-refractivity contribution in [1.82, 2.24) is 10.2 Å². The Kier molecular flexibility index (Phi) is 6.16. The molecule has 2 rings (SSSR count). The minimum Gasteiger partial charge on any atom is -0.311 e. The van der Waals surface area contributed by atoms with Crippen LogP contribution in [0.2, 0.25) is 10.0 Å². The largest absolute Gasteiger partial charge is 0.311 e. The summed E-state index contributed by atoms with van der Waals surface area (Å²) in [5.74, 6) is 0. The zero-order valence-electron chi connectivity index (χ0n) is 12.3. The third kappa shape index (κ3) is 3.88. The van der Waals surface area contributed by atoms with E-state index < -0.39 is 0 Å². The predicted molar refractivity (Wildman–Crippen MR) is 87.6 cm³/mol. The smallest absolute Gasteiger partial charge is 0.0465 e. The third-order valence-corrected chi connectivity index (χ3v) is 4.86. The SMILES string of the molecule is CCCC1CNC(CC)CN1Cc1c(Cl)cccc1Cl. The van der Waals surface area contributed by atoms with Crippen molar-refractivity contribution >= 4 is 23.2 Å². The van der Waals surface area contributed by atoms with Gasteiger partial charge < -0.3 is 5.32 Å². The van der Waals surface area contributed by atoms with Gasteiger partial charge in [-0.1, -0.05) is 49.5 Å². The first-order valence-corrected chi connectivity index (χ1v) is 8.31. The summed E-state index contributed by atoms with van der Waals surface area (Å²) in [6.45, 7) is 7.46. The molecule has 112 valence electrons. The normalized spacial score (nSPS) is 24.0. The van der Waals surface area contributed by atoms with Crippen molar-refractivity contribution in [3.8, 4) is 0 Å². The van der Waals surface area contributed by atoms with Crippen LogP contribution >= 0.6 is 23.2 Å². The fourth-order valence-electron chi connectivity index (χ4n) is 2.90. The number of hydrogen-bond acceptors (Lipinski definition) is 2. The van der Waals surface area contributed by atoms with Gasteiger partial charge in [-0.25, -0.2) is 0 Å². The van der Waals surface area contributed by atoms with Gasteiger partial charge in [-0.2, -0.15) is 0 Å². The van der Waals surface area contributed by atoms with E-state index in [0.717, 1.165) is 41.7 Å². The van der Waals surface area contributed by atoms with E-state index in [1.54, 1.807) is 0 Å². The highest BCUT2D eigenvalue weighted by Crippen LogP contribution is 2.27. The van der Waals surface area contributed by atoms with E-state index >= 15 is 0 Å². The fraction of sp³-hybridized carbons (Fsp3) is 0.625. The molecule has 0 amide bonds. The lowest BCUT2D eigenvalue weighted by Gasteiger charge is -2.40. The van der Waals surface area contributed by atoms with Crippen molar-refractivity contribution in [3.05, 3.63) is 33.8 Å². The van der Waals surface area contributed by atoms with E-state index in [0.29, 0.717) is 12.1 Å². The first kappa shape index (κ1) is 16.1. The highest BCUT2D eigenvalue weighted by atomic mass is 35.5. The average molecular weight is 315 g/mol. The standard InChI is InChI=1S/C16H24Cl2N2/c1-3-6-13-9-19-12(4-2)10-20(13)11-14-15(17)7-5-8-16(14)18/h5,7-8,12-13,19H,3-4,6,9-11H2,1-2H3. The predicted octanol–water partition coefficient (Wildman–Crippen LogP) is 4.35. The maximum Gasteiger partial charge on any atom is 0.0465 e. The Hall–Kier alpha value is -0.280. The summed E-state index contributed by atoms with van der Waals surface area (Å²) in [6, 6.07) is 6.91. The van der Waals surface area contributed by atoms with Crippen LogP contribution in [0.1, 0.15) is 38.7 Å². The van der Waals surface area contributed by atoms with E-state index in [1.807, 2.05) is 18.2 Å². The number of nitrogens with zero attached hydrogens (tertiary/aromatic N) is 1. The summed E-state index contributed by atoms with van der Waals surface area (Å²) in [5.41, 5.74) is 1.06. The Morgan fingerprint density at radius 1 is 1.25 bits per heavy atom. The molecule has 1 aromatic rings. The molecule has 1 fully saturated rings. The first-order chi connectivity index (χ1) is 9.65. The van der Waals surface area contributed by atoms with Gasteiger partial charge in [0.15, 0.2) is 0 Å². The van der Waals surface area contributed by atoms with Crippen molar-refractivity contribution in [3.63, 3.8) is 0 Å². The summed E-state index contributed by atoms with van der Waals surface area (Å²) < 4.78 is 0. The van der Waals surface area contributed by atoms with Crippen molar-refractivity contribution in [1.29, 1.82) is 0 Å². The molecule has 1 aliphatic heterocycles. The molecule has 20 heavy (non-hydrogen) atoms. The molecule has 4 heteroatoms. The molecule has 1 heterocycles. The summed E-state index contributed by atoms with van der Waals surface area (Å²) in [4.78, 5) is 2.54. The van der Waals surface area contributed by atoms with Crippen LogP contribution in [0.5, 0.6) is 0 Å². The molecule has 0 spiro atoms. The van der Waals surface area contributed by atoms with Crippen molar-refractivity contribution in [2.45, 2.75) is 51.7 Å². The number of benzene rings is 1. The Morgan fingerprint density at radius 2 is 1.95 bits per heavy atom. The van der Waals surface area contributed by atoms with Crippen molar-refractivity contribution in [2.24, 2.45) is 0 Å². The minimum atomic E-state index is 0.573. The van der Waals surface area contributed by atoms with Gasteiger partial charge in [0.25, 0.3) is 0 Å². The summed E-state index contributed by atoms with van der Waals surface area (Å²) in [7, 11) is 0. The van der Waals surface area contributed by atoms with Gasteiger partial charge in [-0.15, -0.1) is 0 Å². The fourth-order valence-corrected chi connectivity index (χ4v) is 3.42. The zero-order valence-corrected chi connectivity index (χ0v) is 13.8. The maximum absolute atomic E-state index is 6.32. The van der Waals surface area contributed by atoms with Crippen LogP contribution in [0.25, 0.3) is 0 Å². The highest BCUT2D eigenvalue weighted by Gasteiger charge is 2.27. The van der Waals surface area contributed by atoms with Gasteiger partial charge >= 0.3 is 0 Å². The highest BCUT2D eigenvalue weighted by molar-refractivity contribution is 6.35. The van der Waals surface area contributed by atoms with Crippen LogP contribution in [0.15, 0.2) is 18.2 Å². The van der Waals surface area contributed by atoms with Gasteiger partial charge in [-0.3, -0.25) is 4.90 Å². The maximum atomic E-state index is 6.32. The summed E-state index contributed by atoms with van der Waals surface area (Å²) in [5, 5.41) is 5.20. The van der Waals surface area contributed by atoms with E-state index in [2.05, 4.69) is 24.1 Å². The molecule has 0 aromatic heterocycles. The lowest BCUT2D eigenvalue weighted by molar-refractivity contribution is 0.113. The van der Waals surface area contributed by atoms with E-state index in [9.17, 15) is 0 Å². The lowest BCUT2D eigenvalue weighted by Crippen LogP contribution is -2.55. The zero-order chi connectivity index (χ0) is 14.5. The molecule has 2 nitrogen and oxygen atoms in total. The Balaban J connectivity index is 2.14. The monoisotopic (exact) mass is 314 g/mol. The quantitative estimate of drug-likeness (QED) is 0.869. The second-order valence-corrected chi connectivity index (χ2v) is 6.40. The third-order valence-electron chi connectivity index (χ3n) is 4.15. The molecule has 2 atom stereocenters. The molecule has 0 saturated carbocycles. The number of hydrogen-bond donors (Lipinski definition) is 1. The molecular formula is C16H24Cl2N2. The second kappa shape index (κ2) is 7.65. The van der Waals surface area contributed by atoms with E-state index in [-0.39, 0.29) is 0 Å². The Morgan fingerprint density at radius 3 is 2.55 bits per heavy atom. The van der Waals surface area contributed by atoms with Gasteiger partial charge in [0.1, 0.15) is 0 Å². The topological polar surface area (TPSA) is 15.3 Å². The van der Waals surface area contributed by atoms with Gasteiger partial charge in [-0.05, 0) is 25.0 Å². The number of piperazine rings is 1. The van der Waals surface area contributed by atoms with Crippen LogP contribution < -0.4 is 5.32 Å². The van der Waals surface area contributed by atoms with Gasteiger partial charge in [0.05, 0.1) is 0 Å².